The first-order valence-electron chi connectivity index (χ1n) is 8.37. The minimum atomic E-state index is -0.335. The minimum Gasteiger partial charge on any atom is -0.349 e. The number of amides is 2. The predicted octanol–water partition coefficient (Wildman–Crippen LogP) is 3.18. The first-order chi connectivity index (χ1) is 11.9. The minimum absolute atomic E-state index is 0.0244. The molecule has 0 bridgehead atoms. The monoisotopic (exact) mass is 339 g/mol. The largest absolute Gasteiger partial charge is 0.349 e. The summed E-state index contributed by atoms with van der Waals surface area (Å²) in [7, 11) is 1.79. The number of benzene rings is 1. The van der Waals surface area contributed by atoms with Gasteiger partial charge in [-0.15, -0.1) is 0 Å². The molecule has 5 nitrogen and oxygen atoms in total. The molecule has 0 fully saturated rings. The lowest BCUT2D eigenvalue weighted by atomic mass is 10.0. The van der Waals surface area contributed by atoms with Crippen LogP contribution in [0.15, 0.2) is 48.8 Å². The van der Waals surface area contributed by atoms with Crippen molar-refractivity contribution in [1.29, 1.82) is 0 Å². The zero-order valence-electron chi connectivity index (χ0n) is 15.2. The molecular formula is C20H25N3O2. The summed E-state index contributed by atoms with van der Waals surface area (Å²) in [4.78, 5) is 30.0. The van der Waals surface area contributed by atoms with Crippen molar-refractivity contribution in [2.75, 3.05) is 7.05 Å². The van der Waals surface area contributed by atoms with Crippen LogP contribution >= 0.6 is 0 Å². The number of aromatic nitrogens is 1. The third kappa shape index (κ3) is 5.14. The highest BCUT2D eigenvalue weighted by Crippen LogP contribution is 2.23. The van der Waals surface area contributed by atoms with Gasteiger partial charge in [-0.1, -0.05) is 29.8 Å². The zero-order valence-corrected chi connectivity index (χ0v) is 15.2. The molecule has 1 aromatic carbocycles. The van der Waals surface area contributed by atoms with Crippen LogP contribution in [0.2, 0.25) is 0 Å². The standard InChI is InChI=1S/C20H25N3O2/c1-14-5-7-18(8-6-14)19(22-16(3)24)13-20(25)23(4)15(2)17-9-11-21-12-10-17/h5-12,15,19H,13H2,1-4H3,(H,22,24). The summed E-state index contributed by atoms with van der Waals surface area (Å²) in [6, 6.07) is 11.3. The summed E-state index contributed by atoms with van der Waals surface area (Å²) in [5, 5.41) is 2.88. The normalized spacial score (nSPS) is 13.0. The van der Waals surface area contributed by atoms with Crippen LogP contribution in [-0.4, -0.2) is 28.7 Å². The second kappa shape index (κ2) is 8.42. The van der Waals surface area contributed by atoms with Crippen LogP contribution < -0.4 is 5.32 Å². The number of pyridine rings is 1. The van der Waals surface area contributed by atoms with Gasteiger partial charge in [0, 0.05) is 26.4 Å². The third-order valence-corrected chi connectivity index (χ3v) is 4.40. The van der Waals surface area contributed by atoms with Crippen molar-refractivity contribution in [3.63, 3.8) is 0 Å². The van der Waals surface area contributed by atoms with E-state index in [9.17, 15) is 9.59 Å². The SMILES string of the molecule is CC(=O)NC(CC(=O)N(C)C(C)c1ccncc1)c1ccc(C)cc1. The summed E-state index contributed by atoms with van der Waals surface area (Å²) in [6.45, 7) is 5.45. The Hall–Kier alpha value is -2.69. The summed E-state index contributed by atoms with van der Waals surface area (Å²) in [5.74, 6) is -0.174. The lowest BCUT2D eigenvalue weighted by Crippen LogP contribution is -2.35. The van der Waals surface area contributed by atoms with E-state index in [1.165, 1.54) is 6.92 Å². The molecule has 0 saturated carbocycles. The van der Waals surface area contributed by atoms with Crippen molar-refractivity contribution in [1.82, 2.24) is 15.2 Å². The van der Waals surface area contributed by atoms with E-state index < -0.39 is 0 Å². The maximum absolute atomic E-state index is 12.7. The van der Waals surface area contributed by atoms with Crippen LogP contribution in [0.5, 0.6) is 0 Å². The number of rotatable bonds is 6. The highest BCUT2D eigenvalue weighted by atomic mass is 16.2. The molecule has 5 heteroatoms. The van der Waals surface area contributed by atoms with E-state index in [4.69, 9.17) is 0 Å². The molecule has 25 heavy (non-hydrogen) atoms. The molecule has 1 aromatic heterocycles. The highest BCUT2D eigenvalue weighted by molar-refractivity contribution is 5.79. The fourth-order valence-corrected chi connectivity index (χ4v) is 2.70. The van der Waals surface area contributed by atoms with Crippen LogP contribution in [0.4, 0.5) is 0 Å². The van der Waals surface area contributed by atoms with Crippen molar-refractivity contribution in [2.24, 2.45) is 0 Å². The quantitative estimate of drug-likeness (QED) is 0.879. The zero-order chi connectivity index (χ0) is 18.4. The molecule has 0 spiro atoms. The number of nitrogens with zero attached hydrogens (tertiary/aromatic N) is 2. The molecular weight excluding hydrogens is 314 g/mol. The summed E-state index contributed by atoms with van der Waals surface area (Å²) in [5.41, 5.74) is 3.09. The van der Waals surface area contributed by atoms with Gasteiger partial charge < -0.3 is 10.2 Å². The first kappa shape index (κ1) is 18.6. The average Bonchev–Trinajstić information content (AvgIpc) is 2.60. The van der Waals surface area contributed by atoms with E-state index in [-0.39, 0.29) is 30.3 Å². The van der Waals surface area contributed by atoms with Gasteiger partial charge in [0.15, 0.2) is 0 Å². The fraction of sp³-hybridized carbons (Fsp3) is 0.350. The Morgan fingerprint density at radius 1 is 1.08 bits per heavy atom. The van der Waals surface area contributed by atoms with E-state index in [0.717, 1.165) is 16.7 Å². The molecule has 1 N–H and O–H groups in total. The molecule has 2 amide bonds. The lowest BCUT2D eigenvalue weighted by Gasteiger charge is -2.27. The molecule has 0 radical (unpaired) electrons. The van der Waals surface area contributed by atoms with Gasteiger partial charge in [-0.05, 0) is 37.1 Å². The molecule has 2 aromatic rings. The molecule has 2 unspecified atom stereocenters. The van der Waals surface area contributed by atoms with E-state index >= 15 is 0 Å². The van der Waals surface area contributed by atoms with E-state index in [0.29, 0.717) is 0 Å². The summed E-state index contributed by atoms with van der Waals surface area (Å²) in [6.07, 6.45) is 3.65. The molecule has 0 aliphatic rings. The van der Waals surface area contributed by atoms with Crippen LogP contribution in [0.3, 0.4) is 0 Å². The molecule has 132 valence electrons. The Bertz CT molecular complexity index is 713. The Labute approximate surface area is 149 Å². The first-order valence-corrected chi connectivity index (χ1v) is 8.37. The number of hydrogen-bond donors (Lipinski definition) is 1. The fourth-order valence-electron chi connectivity index (χ4n) is 2.70. The number of carbonyl (C=O) groups is 2. The van der Waals surface area contributed by atoms with Crippen molar-refractivity contribution in [3.05, 3.63) is 65.5 Å². The van der Waals surface area contributed by atoms with E-state index in [2.05, 4.69) is 10.3 Å². The van der Waals surface area contributed by atoms with Gasteiger partial charge in [0.25, 0.3) is 0 Å². The number of nitrogens with one attached hydrogen (secondary N) is 1. The number of carbonyl (C=O) groups excluding carboxylic acids is 2. The van der Waals surface area contributed by atoms with Crippen molar-refractivity contribution in [2.45, 2.75) is 39.3 Å². The molecule has 2 atom stereocenters. The smallest absolute Gasteiger partial charge is 0.225 e. The third-order valence-electron chi connectivity index (χ3n) is 4.40. The van der Waals surface area contributed by atoms with E-state index in [1.807, 2.05) is 50.2 Å². The molecule has 0 aliphatic carbocycles. The Balaban J connectivity index is 2.13. The van der Waals surface area contributed by atoms with Gasteiger partial charge >= 0.3 is 0 Å². The molecule has 0 saturated heterocycles. The van der Waals surface area contributed by atoms with Gasteiger partial charge in [0.2, 0.25) is 11.8 Å². The second-order valence-corrected chi connectivity index (χ2v) is 6.33. The predicted molar refractivity (Wildman–Crippen MR) is 97.8 cm³/mol. The van der Waals surface area contributed by atoms with Crippen LogP contribution in [-0.2, 0) is 9.59 Å². The highest BCUT2D eigenvalue weighted by Gasteiger charge is 2.22. The maximum Gasteiger partial charge on any atom is 0.225 e. The lowest BCUT2D eigenvalue weighted by molar-refractivity contribution is -0.132. The number of hydrogen-bond acceptors (Lipinski definition) is 3. The molecule has 1 heterocycles. The van der Waals surface area contributed by atoms with Gasteiger partial charge in [0.05, 0.1) is 18.5 Å². The van der Waals surface area contributed by atoms with E-state index in [1.54, 1.807) is 24.3 Å². The summed E-state index contributed by atoms with van der Waals surface area (Å²) < 4.78 is 0. The maximum atomic E-state index is 12.7. The van der Waals surface area contributed by atoms with Crippen molar-refractivity contribution >= 4 is 11.8 Å². The Morgan fingerprint density at radius 2 is 1.68 bits per heavy atom. The van der Waals surface area contributed by atoms with Gasteiger partial charge in [-0.2, -0.15) is 0 Å². The molecule has 2 rings (SSSR count). The summed E-state index contributed by atoms with van der Waals surface area (Å²) >= 11 is 0. The number of aryl methyl sites for hydroxylation is 1. The molecule has 0 aliphatic heterocycles. The van der Waals surface area contributed by atoms with Crippen LogP contribution in [0, 0.1) is 6.92 Å². The van der Waals surface area contributed by atoms with Crippen molar-refractivity contribution in [3.8, 4) is 0 Å². The van der Waals surface area contributed by atoms with Crippen LogP contribution in [0.1, 0.15) is 49.0 Å². The van der Waals surface area contributed by atoms with Crippen molar-refractivity contribution < 1.29 is 9.59 Å². The van der Waals surface area contributed by atoms with Crippen LogP contribution in [0.25, 0.3) is 0 Å². The second-order valence-electron chi connectivity index (χ2n) is 6.33. The van der Waals surface area contributed by atoms with Gasteiger partial charge in [0.1, 0.15) is 0 Å². The Kier molecular flexibility index (Phi) is 6.28. The Morgan fingerprint density at radius 3 is 2.24 bits per heavy atom. The van der Waals surface area contributed by atoms with Gasteiger partial charge in [-0.3, -0.25) is 14.6 Å². The van der Waals surface area contributed by atoms with Gasteiger partial charge in [-0.25, -0.2) is 0 Å². The average molecular weight is 339 g/mol. The topological polar surface area (TPSA) is 62.3 Å².